The summed E-state index contributed by atoms with van der Waals surface area (Å²) in [6.45, 7) is 2.80. The first kappa shape index (κ1) is 19.7. The van der Waals surface area contributed by atoms with Gasteiger partial charge in [0, 0.05) is 36.9 Å². The summed E-state index contributed by atoms with van der Waals surface area (Å²) in [7, 11) is 1.72. The first-order valence-electron chi connectivity index (χ1n) is 10.0. The molecule has 150 valence electrons. The van der Waals surface area contributed by atoms with Crippen molar-refractivity contribution in [2.75, 3.05) is 25.1 Å². The molecule has 1 aromatic heterocycles. The molecule has 1 aliphatic heterocycles. The number of rotatable bonds is 6. The zero-order chi connectivity index (χ0) is 20.1. The highest BCUT2D eigenvalue weighted by atomic mass is 32.1. The van der Waals surface area contributed by atoms with Crippen LogP contribution in [0.4, 0.5) is 5.69 Å². The maximum Gasteiger partial charge on any atom is 0.268 e. The molecular weight excluding hydrogens is 380 g/mol. The number of ether oxygens (including phenoxy) is 1. The van der Waals surface area contributed by atoms with E-state index >= 15 is 0 Å². The second-order valence-corrected chi connectivity index (χ2v) is 8.25. The van der Waals surface area contributed by atoms with Gasteiger partial charge in [-0.15, -0.1) is 11.3 Å². The van der Waals surface area contributed by atoms with E-state index in [4.69, 9.17) is 4.74 Å². The molecule has 0 bridgehead atoms. The number of anilines is 1. The number of likely N-dealkylation sites (tertiary alicyclic amines) is 1. The molecule has 0 radical (unpaired) electrons. The third-order valence-corrected chi connectivity index (χ3v) is 6.35. The molecule has 29 heavy (non-hydrogen) atoms. The van der Waals surface area contributed by atoms with Gasteiger partial charge in [-0.05, 0) is 42.5 Å². The van der Waals surface area contributed by atoms with Crippen molar-refractivity contribution < 1.29 is 9.53 Å². The minimum Gasteiger partial charge on any atom is -0.496 e. The zero-order valence-electron chi connectivity index (χ0n) is 16.7. The molecule has 5 heteroatoms. The molecule has 0 saturated carbocycles. The first-order valence-corrected chi connectivity index (χ1v) is 10.9. The Kier molecular flexibility index (Phi) is 6.27. The quantitative estimate of drug-likeness (QED) is 0.573. The number of carbonyl (C=O) groups is 1. The Balaban J connectivity index is 1.47. The molecule has 3 aromatic rings. The number of thiophene rings is 1. The molecule has 4 rings (SSSR count). The second kappa shape index (κ2) is 9.25. The Labute approximate surface area is 176 Å². The first-order chi connectivity index (χ1) is 14.3. The smallest absolute Gasteiger partial charge is 0.268 e. The lowest BCUT2D eigenvalue weighted by Gasteiger charge is -2.38. The minimum atomic E-state index is 0.106. The van der Waals surface area contributed by atoms with E-state index in [1.807, 2.05) is 64.9 Å². The van der Waals surface area contributed by atoms with E-state index in [1.165, 1.54) is 16.9 Å². The standard InChI is InChI=1S/C24H26N2O2S/c1-28-22-11-6-5-8-19(22)18-25-15-13-21(14-16-25)26(20-9-3-2-4-10-20)24(27)23-12-7-17-29-23/h2-12,17,21H,13-16,18H2,1H3. The average molecular weight is 407 g/mol. The van der Waals surface area contributed by atoms with Crippen LogP contribution in [-0.2, 0) is 6.54 Å². The number of hydrogen-bond acceptors (Lipinski definition) is 4. The van der Waals surface area contributed by atoms with Crippen LogP contribution in [0, 0.1) is 0 Å². The Bertz CT molecular complexity index is 919. The van der Waals surface area contributed by atoms with Crippen LogP contribution in [0.2, 0.25) is 0 Å². The SMILES string of the molecule is COc1ccccc1CN1CCC(N(C(=O)c2cccs2)c2ccccc2)CC1. The second-order valence-electron chi connectivity index (χ2n) is 7.31. The van der Waals surface area contributed by atoms with Crippen LogP contribution in [0.15, 0.2) is 72.1 Å². The predicted molar refractivity (Wildman–Crippen MR) is 119 cm³/mol. The average Bonchev–Trinajstić information content (AvgIpc) is 3.31. The van der Waals surface area contributed by atoms with Gasteiger partial charge in [0.05, 0.1) is 12.0 Å². The van der Waals surface area contributed by atoms with Gasteiger partial charge in [-0.3, -0.25) is 9.69 Å². The zero-order valence-corrected chi connectivity index (χ0v) is 17.5. The van der Waals surface area contributed by atoms with E-state index in [-0.39, 0.29) is 11.9 Å². The number of hydrogen-bond donors (Lipinski definition) is 0. The van der Waals surface area contributed by atoms with Gasteiger partial charge < -0.3 is 9.64 Å². The molecule has 0 unspecified atom stereocenters. The van der Waals surface area contributed by atoms with Gasteiger partial charge in [0.15, 0.2) is 0 Å². The van der Waals surface area contributed by atoms with Crippen LogP contribution in [0.5, 0.6) is 5.75 Å². The van der Waals surface area contributed by atoms with Gasteiger partial charge in [-0.25, -0.2) is 0 Å². The maximum absolute atomic E-state index is 13.3. The van der Waals surface area contributed by atoms with Gasteiger partial charge in [0.1, 0.15) is 5.75 Å². The third kappa shape index (κ3) is 4.52. The van der Waals surface area contributed by atoms with Gasteiger partial charge in [0.25, 0.3) is 5.91 Å². The van der Waals surface area contributed by atoms with Crippen LogP contribution in [0.3, 0.4) is 0 Å². The van der Waals surface area contributed by atoms with E-state index in [0.29, 0.717) is 0 Å². The molecule has 1 amide bonds. The van der Waals surface area contributed by atoms with E-state index in [1.54, 1.807) is 7.11 Å². The lowest BCUT2D eigenvalue weighted by atomic mass is 10.0. The maximum atomic E-state index is 13.3. The van der Waals surface area contributed by atoms with Crippen LogP contribution in [-0.4, -0.2) is 37.0 Å². The molecule has 2 aromatic carbocycles. The molecule has 2 heterocycles. The summed E-state index contributed by atoms with van der Waals surface area (Å²) in [6, 6.07) is 22.3. The lowest BCUT2D eigenvalue weighted by molar-refractivity contribution is 0.0962. The lowest BCUT2D eigenvalue weighted by Crippen LogP contribution is -2.47. The Morgan fingerprint density at radius 2 is 1.76 bits per heavy atom. The van der Waals surface area contributed by atoms with Crippen LogP contribution in [0.25, 0.3) is 0 Å². The molecule has 4 nitrogen and oxygen atoms in total. The number of piperidine rings is 1. The van der Waals surface area contributed by atoms with Crippen molar-refractivity contribution in [1.82, 2.24) is 4.90 Å². The highest BCUT2D eigenvalue weighted by molar-refractivity contribution is 7.12. The highest BCUT2D eigenvalue weighted by Gasteiger charge is 2.30. The van der Waals surface area contributed by atoms with Crippen molar-refractivity contribution in [3.8, 4) is 5.75 Å². The molecule has 0 atom stereocenters. The van der Waals surface area contributed by atoms with Gasteiger partial charge in [-0.2, -0.15) is 0 Å². The Hall–Kier alpha value is -2.63. The Morgan fingerprint density at radius 3 is 2.45 bits per heavy atom. The van der Waals surface area contributed by atoms with E-state index in [0.717, 1.165) is 48.8 Å². The minimum absolute atomic E-state index is 0.106. The van der Waals surface area contributed by atoms with Crippen LogP contribution in [0.1, 0.15) is 28.1 Å². The molecular formula is C24H26N2O2S. The van der Waals surface area contributed by atoms with E-state index < -0.39 is 0 Å². The topological polar surface area (TPSA) is 32.8 Å². The van der Waals surface area contributed by atoms with Crippen LogP contribution < -0.4 is 9.64 Å². The molecule has 1 fully saturated rings. The van der Waals surface area contributed by atoms with Crippen LogP contribution >= 0.6 is 11.3 Å². The number of carbonyl (C=O) groups excluding carboxylic acids is 1. The summed E-state index contributed by atoms with van der Waals surface area (Å²) in [5.41, 5.74) is 2.19. The fourth-order valence-corrected chi connectivity index (χ4v) is 4.67. The van der Waals surface area contributed by atoms with Crippen molar-refractivity contribution in [2.24, 2.45) is 0 Å². The summed E-state index contributed by atoms with van der Waals surface area (Å²) in [4.78, 5) is 18.5. The largest absolute Gasteiger partial charge is 0.496 e. The summed E-state index contributed by atoms with van der Waals surface area (Å²) in [6.07, 6.45) is 1.92. The highest BCUT2D eigenvalue weighted by Crippen LogP contribution is 2.28. The number of methoxy groups -OCH3 is 1. The normalized spacial score (nSPS) is 15.2. The summed E-state index contributed by atoms with van der Waals surface area (Å²) in [5.74, 6) is 1.04. The van der Waals surface area contributed by atoms with Crippen molar-refractivity contribution in [3.05, 3.63) is 82.6 Å². The summed E-state index contributed by atoms with van der Waals surface area (Å²) in [5, 5.41) is 1.96. The molecule has 1 saturated heterocycles. The summed E-state index contributed by atoms with van der Waals surface area (Å²) >= 11 is 1.51. The number of benzene rings is 2. The number of amides is 1. The van der Waals surface area contributed by atoms with Crippen molar-refractivity contribution in [3.63, 3.8) is 0 Å². The molecule has 0 aliphatic carbocycles. The summed E-state index contributed by atoms with van der Waals surface area (Å²) < 4.78 is 5.50. The predicted octanol–water partition coefficient (Wildman–Crippen LogP) is 5.07. The van der Waals surface area contributed by atoms with Gasteiger partial charge in [-0.1, -0.05) is 42.5 Å². The number of para-hydroxylation sites is 2. The van der Waals surface area contributed by atoms with Crippen molar-refractivity contribution >= 4 is 22.9 Å². The fraction of sp³-hybridized carbons (Fsp3) is 0.292. The Morgan fingerprint density at radius 1 is 1.03 bits per heavy atom. The van der Waals surface area contributed by atoms with Gasteiger partial charge >= 0.3 is 0 Å². The molecule has 0 spiro atoms. The molecule has 1 aliphatic rings. The van der Waals surface area contributed by atoms with E-state index in [2.05, 4.69) is 17.0 Å². The van der Waals surface area contributed by atoms with E-state index in [9.17, 15) is 4.79 Å². The monoisotopic (exact) mass is 406 g/mol. The molecule has 0 N–H and O–H groups in total. The third-order valence-electron chi connectivity index (χ3n) is 5.49. The van der Waals surface area contributed by atoms with Crippen molar-refractivity contribution in [1.29, 1.82) is 0 Å². The number of nitrogens with zero attached hydrogens (tertiary/aromatic N) is 2. The van der Waals surface area contributed by atoms with Gasteiger partial charge in [0.2, 0.25) is 0 Å². The fourth-order valence-electron chi connectivity index (χ4n) is 4.01. The van der Waals surface area contributed by atoms with Crippen molar-refractivity contribution in [2.45, 2.75) is 25.4 Å².